The maximum absolute atomic E-state index is 12.6. The Kier molecular flexibility index (Phi) is 9.58. The van der Waals surface area contributed by atoms with Crippen molar-refractivity contribution < 1.29 is 21.6 Å². The number of rotatable bonds is 5. The second-order valence-electron chi connectivity index (χ2n) is 5.72. The van der Waals surface area contributed by atoms with Gasteiger partial charge in [-0.3, -0.25) is 4.99 Å². The molecule has 1 saturated heterocycles. The first-order valence-electron chi connectivity index (χ1n) is 7.91. The molecule has 0 unspecified atom stereocenters. The summed E-state index contributed by atoms with van der Waals surface area (Å²) in [5.74, 6) is 0.532. The second kappa shape index (κ2) is 10.5. The van der Waals surface area contributed by atoms with Gasteiger partial charge in [-0.15, -0.1) is 35.3 Å². The van der Waals surface area contributed by atoms with E-state index in [0.717, 1.165) is 15.6 Å². The van der Waals surface area contributed by atoms with Gasteiger partial charge in [-0.2, -0.15) is 17.5 Å². The van der Waals surface area contributed by atoms with Crippen LogP contribution in [0, 0.1) is 0 Å². The van der Waals surface area contributed by atoms with Gasteiger partial charge >= 0.3 is 15.5 Å². The van der Waals surface area contributed by atoms with Gasteiger partial charge in [0.05, 0.1) is 4.34 Å². The second-order valence-corrected chi connectivity index (χ2v) is 9.45. The Morgan fingerprint density at radius 1 is 1.37 bits per heavy atom. The molecule has 0 aromatic carbocycles. The third-order valence-electron chi connectivity index (χ3n) is 3.94. The van der Waals surface area contributed by atoms with Gasteiger partial charge < -0.3 is 10.6 Å². The van der Waals surface area contributed by atoms with E-state index in [4.69, 9.17) is 11.6 Å². The fourth-order valence-electron chi connectivity index (χ4n) is 2.57. The predicted octanol–water partition coefficient (Wildman–Crippen LogP) is 3.04. The minimum Gasteiger partial charge on any atom is -0.356 e. The summed E-state index contributed by atoms with van der Waals surface area (Å²) in [4.78, 5) is 5.21. The number of hydrogen-bond donors (Lipinski definition) is 2. The summed E-state index contributed by atoms with van der Waals surface area (Å²) in [6.45, 7) is 0.270. The molecule has 1 aromatic rings. The molecule has 2 heterocycles. The van der Waals surface area contributed by atoms with Crippen molar-refractivity contribution in [3.8, 4) is 0 Å². The van der Waals surface area contributed by atoms with E-state index in [0.29, 0.717) is 16.8 Å². The molecule has 6 nitrogen and oxygen atoms in total. The number of alkyl halides is 3. The number of thiophene rings is 1. The average Bonchev–Trinajstić information content (AvgIpc) is 2.98. The Morgan fingerprint density at radius 3 is 2.48 bits per heavy atom. The molecule has 2 rings (SSSR count). The van der Waals surface area contributed by atoms with Crippen LogP contribution < -0.4 is 10.6 Å². The van der Waals surface area contributed by atoms with Crippen molar-refractivity contribution in [1.82, 2.24) is 14.9 Å². The molecule has 1 fully saturated rings. The maximum atomic E-state index is 12.6. The van der Waals surface area contributed by atoms with Crippen LogP contribution in [0.4, 0.5) is 13.2 Å². The molecule has 0 bridgehead atoms. The highest BCUT2D eigenvalue weighted by atomic mass is 127. The first-order chi connectivity index (χ1) is 12.1. The highest BCUT2D eigenvalue weighted by molar-refractivity contribution is 14.0. The normalized spacial score (nSPS) is 17.4. The summed E-state index contributed by atoms with van der Waals surface area (Å²) in [5.41, 5.74) is -5.25. The Balaban J connectivity index is 0.00000364. The van der Waals surface area contributed by atoms with Crippen LogP contribution in [0.25, 0.3) is 0 Å². The highest BCUT2D eigenvalue weighted by Gasteiger charge is 2.50. The van der Waals surface area contributed by atoms with Crippen molar-refractivity contribution in [2.75, 3.05) is 26.7 Å². The van der Waals surface area contributed by atoms with Gasteiger partial charge in [0.1, 0.15) is 0 Å². The molecule has 0 aliphatic carbocycles. The van der Waals surface area contributed by atoms with E-state index in [9.17, 15) is 21.6 Å². The van der Waals surface area contributed by atoms with Crippen molar-refractivity contribution >= 4 is 62.9 Å². The van der Waals surface area contributed by atoms with Gasteiger partial charge in [-0.25, -0.2) is 8.42 Å². The van der Waals surface area contributed by atoms with Gasteiger partial charge in [0.15, 0.2) is 5.96 Å². The van der Waals surface area contributed by atoms with Gasteiger partial charge in [0.2, 0.25) is 0 Å². The number of aliphatic imine (C=N–C) groups is 1. The van der Waals surface area contributed by atoms with Crippen LogP contribution in [0.3, 0.4) is 0 Å². The number of piperidine rings is 1. The Bertz CT molecular complexity index is 735. The highest BCUT2D eigenvalue weighted by Crippen LogP contribution is 2.29. The number of nitrogens with zero attached hydrogens (tertiary/aromatic N) is 2. The van der Waals surface area contributed by atoms with Crippen molar-refractivity contribution in [2.24, 2.45) is 4.99 Å². The van der Waals surface area contributed by atoms with E-state index in [-0.39, 0.29) is 55.9 Å². The summed E-state index contributed by atoms with van der Waals surface area (Å²) in [5, 5.41) is 6.25. The molecular formula is C14H21ClF3IN4O2S2. The van der Waals surface area contributed by atoms with Gasteiger partial charge in [-0.1, -0.05) is 11.6 Å². The van der Waals surface area contributed by atoms with Crippen LogP contribution in [0.15, 0.2) is 17.1 Å². The minimum atomic E-state index is -5.25. The first kappa shape index (κ1) is 24.7. The number of hydrogen-bond acceptors (Lipinski definition) is 4. The van der Waals surface area contributed by atoms with Gasteiger partial charge in [0, 0.05) is 37.6 Å². The van der Waals surface area contributed by atoms with E-state index < -0.39 is 15.5 Å². The fourth-order valence-corrected chi connectivity index (χ4v) is 4.64. The van der Waals surface area contributed by atoms with Crippen molar-refractivity contribution in [1.29, 1.82) is 0 Å². The van der Waals surface area contributed by atoms with Crippen LogP contribution in [-0.2, 0) is 16.4 Å². The molecule has 0 spiro atoms. The largest absolute Gasteiger partial charge is 0.511 e. The zero-order chi connectivity index (χ0) is 19.4. The number of nitrogens with one attached hydrogen (secondary N) is 2. The topological polar surface area (TPSA) is 73.8 Å². The lowest BCUT2D eigenvalue weighted by Gasteiger charge is -2.32. The molecule has 0 amide bonds. The summed E-state index contributed by atoms with van der Waals surface area (Å²) < 4.78 is 61.8. The standard InChI is InChI=1S/C14H20ClF3N4O2S2.HI/c1-19-13(20-7-4-11-2-3-12(15)25-11)21-10-5-8-22(9-6-10)26(23,24)14(16,17)18;/h2-3,10H,4-9H2,1H3,(H2,19,20,21);1H. The van der Waals surface area contributed by atoms with E-state index >= 15 is 0 Å². The first-order valence-corrected chi connectivity index (χ1v) is 10.5. The summed E-state index contributed by atoms with van der Waals surface area (Å²) >= 11 is 7.37. The summed E-state index contributed by atoms with van der Waals surface area (Å²) in [7, 11) is -3.65. The average molecular weight is 561 g/mol. The van der Waals surface area contributed by atoms with Gasteiger partial charge in [0.25, 0.3) is 0 Å². The molecule has 0 saturated carbocycles. The number of guanidine groups is 1. The molecule has 156 valence electrons. The summed E-state index contributed by atoms with van der Waals surface area (Å²) in [6.07, 6.45) is 1.31. The molecule has 0 atom stereocenters. The van der Waals surface area contributed by atoms with E-state index in [1.165, 1.54) is 11.3 Å². The van der Waals surface area contributed by atoms with Crippen molar-refractivity contribution in [3.63, 3.8) is 0 Å². The molecule has 0 radical (unpaired) electrons. The molecule has 1 aromatic heterocycles. The third-order valence-corrected chi connectivity index (χ3v) is 6.86. The molecule has 1 aliphatic rings. The van der Waals surface area contributed by atoms with Crippen LogP contribution in [0.5, 0.6) is 0 Å². The van der Waals surface area contributed by atoms with Crippen molar-refractivity contribution in [3.05, 3.63) is 21.3 Å². The number of halogens is 5. The Labute approximate surface area is 182 Å². The lowest BCUT2D eigenvalue weighted by molar-refractivity contribution is -0.0494. The van der Waals surface area contributed by atoms with Crippen LogP contribution in [0.2, 0.25) is 4.34 Å². The van der Waals surface area contributed by atoms with Crippen LogP contribution in [0.1, 0.15) is 17.7 Å². The Hall–Kier alpha value is -0.310. The quantitative estimate of drug-likeness (QED) is 0.330. The lowest BCUT2D eigenvalue weighted by Crippen LogP contribution is -2.51. The SMILES string of the molecule is CN=C(NCCc1ccc(Cl)s1)NC1CCN(S(=O)(=O)C(F)(F)F)CC1.I. The molecule has 1 aliphatic heterocycles. The fraction of sp³-hybridized carbons (Fsp3) is 0.643. The van der Waals surface area contributed by atoms with E-state index in [1.807, 2.05) is 12.1 Å². The van der Waals surface area contributed by atoms with Crippen LogP contribution in [-0.4, -0.2) is 56.9 Å². The van der Waals surface area contributed by atoms with Crippen molar-refractivity contribution in [2.45, 2.75) is 30.8 Å². The molecular weight excluding hydrogens is 540 g/mol. The number of sulfonamides is 1. The Morgan fingerprint density at radius 2 is 2.00 bits per heavy atom. The monoisotopic (exact) mass is 560 g/mol. The van der Waals surface area contributed by atoms with Gasteiger partial charge in [-0.05, 0) is 31.4 Å². The smallest absolute Gasteiger partial charge is 0.356 e. The molecule has 2 N–H and O–H groups in total. The minimum absolute atomic E-state index is 0. The molecule has 27 heavy (non-hydrogen) atoms. The molecule has 13 heteroatoms. The third kappa shape index (κ3) is 6.91. The van der Waals surface area contributed by atoms with Crippen LogP contribution >= 0.6 is 46.9 Å². The summed E-state index contributed by atoms with van der Waals surface area (Å²) in [6, 6.07) is 3.64. The maximum Gasteiger partial charge on any atom is 0.511 e. The lowest BCUT2D eigenvalue weighted by atomic mass is 10.1. The zero-order valence-electron chi connectivity index (χ0n) is 14.4. The van der Waals surface area contributed by atoms with E-state index in [2.05, 4.69) is 15.6 Å². The zero-order valence-corrected chi connectivity index (χ0v) is 19.1. The predicted molar refractivity (Wildman–Crippen MR) is 113 cm³/mol. The van der Waals surface area contributed by atoms with E-state index in [1.54, 1.807) is 7.05 Å².